The average molecular weight is 332 g/mol. The largest absolute Gasteiger partial charge is 0.377 e. The van der Waals surface area contributed by atoms with Crippen LogP contribution in [0.1, 0.15) is 25.3 Å². The molecular formula is C19H24O5. The van der Waals surface area contributed by atoms with Crippen LogP contribution in [0.15, 0.2) is 42.5 Å². The fraction of sp³-hybridized carbons (Fsp3) is 0.526. The normalized spacial score (nSPS) is 30.0. The molecule has 4 atom stereocenters. The zero-order chi connectivity index (χ0) is 16.8. The summed E-state index contributed by atoms with van der Waals surface area (Å²) >= 11 is 0. The molecule has 0 aromatic heterocycles. The fourth-order valence-electron chi connectivity index (χ4n) is 2.88. The molecule has 0 amide bonds. The molecular weight excluding hydrogens is 308 g/mol. The highest BCUT2D eigenvalue weighted by molar-refractivity contribution is 5.93. The standard InChI is InChI=1S/C19H24O5/c1-14-22-13-19-18(23-14)10-9-16(20)17(24-19)8-5-11-21-12-15-6-3-2-4-7-15/h2-4,6-7,9-10,14,17-19H,5,8,11-13H2,1H3/t14-,17+,18+,19-/m1/s1. The summed E-state index contributed by atoms with van der Waals surface area (Å²) in [5.74, 6) is -0.0105. The van der Waals surface area contributed by atoms with Gasteiger partial charge in [-0.15, -0.1) is 0 Å². The molecule has 0 spiro atoms. The van der Waals surface area contributed by atoms with Gasteiger partial charge in [0.05, 0.1) is 13.2 Å². The quantitative estimate of drug-likeness (QED) is 0.750. The number of fused-ring (bicyclic) bond motifs is 1. The van der Waals surface area contributed by atoms with E-state index in [1.165, 1.54) is 0 Å². The minimum Gasteiger partial charge on any atom is -0.377 e. The second kappa shape index (κ2) is 8.53. The van der Waals surface area contributed by atoms with Crippen molar-refractivity contribution in [2.24, 2.45) is 0 Å². The van der Waals surface area contributed by atoms with Gasteiger partial charge in [-0.25, -0.2) is 0 Å². The topological polar surface area (TPSA) is 54.0 Å². The van der Waals surface area contributed by atoms with Crippen LogP contribution in [0.4, 0.5) is 0 Å². The zero-order valence-electron chi connectivity index (χ0n) is 13.9. The lowest BCUT2D eigenvalue weighted by atomic mass is 10.1. The van der Waals surface area contributed by atoms with Crippen molar-refractivity contribution in [1.29, 1.82) is 0 Å². The summed E-state index contributed by atoms with van der Waals surface area (Å²) in [6.07, 6.45) is 3.63. The summed E-state index contributed by atoms with van der Waals surface area (Å²) < 4.78 is 22.7. The average Bonchev–Trinajstić information content (AvgIpc) is 2.75. The van der Waals surface area contributed by atoms with E-state index in [0.29, 0.717) is 26.2 Å². The number of ether oxygens (including phenoxy) is 4. The molecule has 130 valence electrons. The van der Waals surface area contributed by atoms with Crippen molar-refractivity contribution in [3.8, 4) is 0 Å². The molecule has 0 bridgehead atoms. The van der Waals surface area contributed by atoms with Gasteiger partial charge in [0.15, 0.2) is 12.1 Å². The Morgan fingerprint density at radius 1 is 1.21 bits per heavy atom. The van der Waals surface area contributed by atoms with Gasteiger partial charge in [0.25, 0.3) is 0 Å². The van der Waals surface area contributed by atoms with E-state index in [-0.39, 0.29) is 24.3 Å². The van der Waals surface area contributed by atoms with Gasteiger partial charge in [0.1, 0.15) is 18.3 Å². The van der Waals surface area contributed by atoms with Crippen LogP contribution in [-0.2, 0) is 30.3 Å². The van der Waals surface area contributed by atoms with Crippen molar-refractivity contribution in [3.63, 3.8) is 0 Å². The number of benzene rings is 1. The van der Waals surface area contributed by atoms with Gasteiger partial charge >= 0.3 is 0 Å². The molecule has 0 unspecified atom stereocenters. The first-order valence-electron chi connectivity index (χ1n) is 8.48. The molecule has 5 nitrogen and oxygen atoms in total. The van der Waals surface area contributed by atoms with Gasteiger partial charge in [-0.3, -0.25) is 4.79 Å². The summed E-state index contributed by atoms with van der Waals surface area (Å²) in [7, 11) is 0. The number of rotatable bonds is 6. The van der Waals surface area contributed by atoms with Gasteiger partial charge in [-0.1, -0.05) is 30.3 Å². The van der Waals surface area contributed by atoms with Gasteiger partial charge in [0.2, 0.25) is 0 Å². The number of carbonyl (C=O) groups excluding carboxylic acids is 1. The summed E-state index contributed by atoms with van der Waals surface area (Å²) in [5, 5.41) is 0. The highest BCUT2D eigenvalue weighted by Gasteiger charge is 2.35. The van der Waals surface area contributed by atoms with Crippen LogP contribution < -0.4 is 0 Å². The molecule has 1 aromatic rings. The lowest BCUT2D eigenvalue weighted by Crippen LogP contribution is -2.44. The molecule has 0 aliphatic carbocycles. The monoisotopic (exact) mass is 332 g/mol. The third kappa shape index (κ3) is 4.74. The van der Waals surface area contributed by atoms with Gasteiger partial charge in [-0.05, 0) is 37.5 Å². The van der Waals surface area contributed by atoms with E-state index in [1.807, 2.05) is 37.3 Å². The van der Waals surface area contributed by atoms with Crippen LogP contribution >= 0.6 is 0 Å². The van der Waals surface area contributed by atoms with E-state index in [2.05, 4.69) is 0 Å². The van der Waals surface area contributed by atoms with Crippen molar-refractivity contribution < 1.29 is 23.7 Å². The lowest BCUT2D eigenvalue weighted by molar-refractivity contribution is -0.246. The molecule has 2 aliphatic heterocycles. The Bertz CT molecular complexity index is 556. The third-order valence-corrected chi connectivity index (χ3v) is 4.18. The van der Waals surface area contributed by atoms with E-state index in [9.17, 15) is 4.79 Å². The Labute approximate surface area is 142 Å². The van der Waals surface area contributed by atoms with Crippen LogP contribution in [0, 0.1) is 0 Å². The highest BCUT2D eigenvalue weighted by atomic mass is 16.7. The number of hydrogen-bond donors (Lipinski definition) is 0. The van der Waals surface area contributed by atoms with Crippen molar-refractivity contribution in [2.75, 3.05) is 13.2 Å². The van der Waals surface area contributed by atoms with Crippen LogP contribution in [0.25, 0.3) is 0 Å². The molecule has 0 radical (unpaired) electrons. The van der Waals surface area contributed by atoms with Gasteiger partial charge in [-0.2, -0.15) is 0 Å². The molecule has 2 aliphatic rings. The number of ketones is 1. The van der Waals surface area contributed by atoms with E-state index in [4.69, 9.17) is 18.9 Å². The fourth-order valence-corrected chi connectivity index (χ4v) is 2.88. The second-order valence-corrected chi connectivity index (χ2v) is 6.11. The highest BCUT2D eigenvalue weighted by Crippen LogP contribution is 2.23. The first kappa shape index (κ1) is 17.3. The molecule has 3 rings (SSSR count). The molecule has 0 N–H and O–H groups in total. The van der Waals surface area contributed by atoms with Gasteiger partial charge < -0.3 is 18.9 Å². The zero-order valence-corrected chi connectivity index (χ0v) is 13.9. The molecule has 0 saturated carbocycles. The van der Waals surface area contributed by atoms with Crippen LogP contribution in [0.5, 0.6) is 0 Å². The smallest absolute Gasteiger partial charge is 0.184 e. The Morgan fingerprint density at radius 3 is 2.88 bits per heavy atom. The van der Waals surface area contributed by atoms with Crippen molar-refractivity contribution >= 4 is 5.78 Å². The Kier molecular flexibility index (Phi) is 6.15. The Hall–Kier alpha value is -1.53. The first-order chi connectivity index (χ1) is 11.7. The number of hydrogen-bond acceptors (Lipinski definition) is 5. The molecule has 2 heterocycles. The van der Waals surface area contributed by atoms with Crippen molar-refractivity contribution in [3.05, 3.63) is 48.0 Å². The maximum Gasteiger partial charge on any atom is 0.184 e. The lowest BCUT2D eigenvalue weighted by Gasteiger charge is -2.33. The number of carbonyl (C=O) groups is 1. The third-order valence-electron chi connectivity index (χ3n) is 4.18. The predicted octanol–water partition coefficient (Wildman–Crippen LogP) is 2.64. The van der Waals surface area contributed by atoms with E-state index in [1.54, 1.807) is 12.2 Å². The summed E-state index contributed by atoms with van der Waals surface area (Å²) in [6, 6.07) is 10.0. The van der Waals surface area contributed by atoms with E-state index < -0.39 is 6.10 Å². The minimum absolute atomic E-state index is 0.0105. The van der Waals surface area contributed by atoms with E-state index in [0.717, 1.165) is 12.0 Å². The molecule has 1 saturated heterocycles. The SMILES string of the molecule is C[C@@H]1OC[C@H]2O[C@@H](CCCOCc3ccccc3)C(=O)C=C[C@@H]2O1. The Morgan fingerprint density at radius 2 is 2.04 bits per heavy atom. The minimum atomic E-state index is -0.447. The maximum atomic E-state index is 12.2. The molecule has 1 aromatic carbocycles. The maximum absolute atomic E-state index is 12.2. The van der Waals surface area contributed by atoms with Crippen LogP contribution in [-0.4, -0.2) is 43.6 Å². The summed E-state index contributed by atoms with van der Waals surface area (Å²) in [5.41, 5.74) is 1.15. The van der Waals surface area contributed by atoms with E-state index >= 15 is 0 Å². The second-order valence-electron chi connectivity index (χ2n) is 6.11. The van der Waals surface area contributed by atoms with Crippen LogP contribution in [0.3, 0.4) is 0 Å². The predicted molar refractivity (Wildman–Crippen MR) is 88.4 cm³/mol. The summed E-state index contributed by atoms with van der Waals surface area (Å²) in [6.45, 7) is 3.48. The summed E-state index contributed by atoms with van der Waals surface area (Å²) in [4.78, 5) is 12.2. The molecule has 5 heteroatoms. The van der Waals surface area contributed by atoms with Crippen LogP contribution in [0.2, 0.25) is 0 Å². The Balaban J connectivity index is 1.42. The van der Waals surface area contributed by atoms with Crippen molar-refractivity contribution in [1.82, 2.24) is 0 Å². The van der Waals surface area contributed by atoms with Gasteiger partial charge in [0, 0.05) is 6.61 Å². The first-order valence-corrected chi connectivity index (χ1v) is 8.48. The molecule has 1 fully saturated rings. The van der Waals surface area contributed by atoms with Crippen molar-refractivity contribution in [2.45, 2.75) is 51.0 Å². The molecule has 24 heavy (non-hydrogen) atoms.